The zero-order valence-corrected chi connectivity index (χ0v) is 13.3. The van der Waals surface area contributed by atoms with Gasteiger partial charge in [-0.2, -0.15) is 0 Å². The summed E-state index contributed by atoms with van der Waals surface area (Å²) in [5.41, 5.74) is 2.18. The third kappa shape index (κ3) is 3.63. The number of aliphatic hydroxyl groups excluding tert-OH is 4. The first kappa shape index (κ1) is 17.7. The van der Waals surface area contributed by atoms with Crippen LogP contribution in [-0.2, 0) is 6.54 Å². The molecule has 1 aromatic carbocycles. The van der Waals surface area contributed by atoms with E-state index in [4.69, 9.17) is 6.57 Å². The van der Waals surface area contributed by atoms with Gasteiger partial charge in [-0.05, 0) is 17.7 Å². The Morgan fingerprint density at radius 1 is 1.26 bits per heavy atom. The number of hydrogen-bond donors (Lipinski definition) is 4. The molecule has 1 aliphatic heterocycles. The second-order valence-electron chi connectivity index (χ2n) is 6.06. The zero-order chi connectivity index (χ0) is 17.1. The van der Waals surface area contributed by atoms with E-state index < -0.39 is 24.4 Å². The largest absolute Gasteiger partial charge is 0.395 e. The summed E-state index contributed by atoms with van der Waals surface area (Å²) in [4.78, 5) is 7.11. The van der Waals surface area contributed by atoms with Crippen molar-refractivity contribution in [1.82, 2.24) is 4.90 Å². The Morgan fingerprint density at radius 2 is 1.96 bits per heavy atom. The lowest BCUT2D eigenvalue weighted by molar-refractivity contribution is -0.147. The fourth-order valence-corrected chi connectivity index (χ4v) is 2.93. The number of hydrogen-bond acceptors (Lipinski definition) is 6. The number of nitrogens with zero attached hydrogens (tertiary/aromatic N) is 3. The minimum absolute atomic E-state index is 0.145. The topological polar surface area (TPSA) is 91.8 Å². The molecule has 0 bridgehead atoms. The molecule has 4 N–H and O–H groups in total. The molecule has 0 aromatic heterocycles. The van der Waals surface area contributed by atoms with Crippen LogP contribution in [0.5, 0.6) is 0 Å². The summed E-state index contributed by atoms with van der Waals surface area (Å²) in [6.45, 7) is 7.48. The zero-order valence-electron chi connectivity index (χ0n) is 13.3. The molecule has 1 aromatic rings. The minimum Gasteiger partial charge on any atom is -0.395 e. The van der Waals surface area contributed by atoms with Gasteiger partial charge in [0.25, 0.3) is 0 Å². The van der Waals surface area contributed by atoms with Crippen LogP contribution in [-0.4, -0.2) is 76.9 Å². The number of anilines is 1. The van der Waals surface area contributed by atoms with E-state index in [1.54, 1.807) is 11.0 Å². The number of likely N-dealkylation sites (tertiary alicyclic amines) is 1. The van der Waals surface area contributed by atoms with Gasteiger partial charge in [0.05, 0.1) is 25.3 Å². The summed E-state index contributed by atoms with van der Waals surface area (Å²) in [6, 6.07) is 4.84. The third-order valence-electron chi connectivity index (χ3n) is 4.24. The van der Waals surface area contributed by atoms with Crippen molar-refractivity contribution in [3.63, 3.8) is 0 Å². The summed E-state index contributed by atoms with van der Waals surface area (Å²) in [5.74, 6) is 0. The van der Waals surface area contributed by atoms with Gasteiger partial charge in [0.2, 0.25) is 5.69 Å². The predicted octanol–water partition coefficient (Wildman–Crippen LogP) is -0.437. The average Bonchev–Trinajstić information content (AvgIpc) is 2.52. The summed E-state index contributed by atoms with van der Waals surface area (Å²) >= 11 is 0. The number of benzene rings is 1. The lowest BCUT2D eigenvalue weighted by Crippen LogP contribution is -2.62. The number of piperidine rings is 1. The Kier molecular flexibility index (Phi) is 5.57. The highest BCUT2D eigenvalue weighted by Crippen LogP contribution is 2.30. The predicted molar refractivity (Wildman–Crippen MR) is 86.3 cm³/mol. The Balaban J connectivity index is 2.22. The molecule has 0 saturated carbocycles. The quantitative estimate of drug-likeness (QED) is 0.562. The van der Waals surface area contributed by atoms with E-state index in [9.17, 15) is 20.4 Å². The number of rotatable bonds is 4. The molecule has 1 heterocycles. The molecule has 23 heavy (non-hydrogen) atoms. The van der Waals surface area contributed by atoms with Crippen LogP contribution in [0, 0.1) is 6.57 Å². The summed E-state index contributed by atoms with van der Waals surface area (Å²) in [5, 5.41) is 39.1. The molecule has 126 valence electrons. The molecule has 7 heteroatoms. The van der Waals surface area contributed by atoms with E-state index in [2.05, 4.69) is 4.85 Å². The van der Waals surface area contributed by atoms with Gasteiger partial charge in [-0.3, -0.25) is 4.90 Å². The molecule has 7 nitrogen and oxygen atoms in total. The van der Waals surface area contributed by atoms with Crippen LogP contribution < -0.4 is 4.90 Å². The van der Waals surface area contributed by atoms with Crippen LogP contribution in [0.4, 0.5) is 11.4 Å². The maximum Gasteiger partial charge on any atom is 0.210 e. The second kappa shape index (κ2) is 7.25. The summed E-state index contributed by atoms with van der Waals surface area (Å²) < 4.78 is 0. The van der Waals surface area contributed by atoms with E-state index in [1.807, 2.05) is 31.1 Å². The van der Waals surface area contributed by atoms with Gasteiger partial charge in [-0.25, -0.2) is 4.85 Å². The van der Waals surface area contributed by atoms with E-state index >= 15 is 0 Å². The van der Waals surface area contributed by atoms with Gasteiger partial charge < -0.3 is 25.3 Å². The lowest BCUT2D eigenvalue weighted by Gasteiger charge is -2.43. The van der Waals surface area contributed by atoms with Crippen LogP contribution >= 0.6 is 0 Å². The number of β-amino-alcohol motifs (C(OH)–C–C–N with tert-alkyl or cyclic N) is 1. The van der Waals surface area contributed by atoms with E-state index in [-0.39, 0.29) is 13.2 Å². The van der Waals surface area contributed by atoms with E-state index in [0.717, 1.165) is 11.3 Å². The first-order valence-electron chi connectivity index (χ1n) is 7.45. The van der Waals surface area contributed by atoms with Crippen LogP contribution in [0.1, 0.15) is 5.56 Å². The SMILES string of the molecule is [C-]#[N+]c1cc(CN2C[C@H](O)[C@@H](O)[C@H](O)[C@@H]2CO)ccc1N(C)C. The highest BCUT2D eigenvalue weighted by atomic mass is 16.4. The highest BCUT2D eigenvalue weighted by Gasteiger charge is 2.40. The van der Waals surface area contributed by atoms with Crippen molar-refractivity contribution in [2.45, 2.75) is 30.9 Å². The molecule has 1 saturated heterocycles. The molecule has 1 fully saturated rings. The number of aliphatic hydroxyl groups is 4. The Morgan fingerprint density at radius 3 is 2.52 bits per heavy atom. The van der Waals surface area contributed by atoms with Crippen molar-refractivity contribution < 1.29 is 20.4 Å². The molecular formula is C16H23N3O4. The van der Waals surface area contributed by atoms with Gasteiger partial charge in [0.1, 0.15) is 12.2 Å². The molecule has 1 aliphatic rings. The Labute approximate surface area is 135 Å². The van der Waals surface area contributed by atoms with Gasteiger partial charge in [-0.1, -0.05) is 6.07 Å². The normalized spacial score (nSPS) is 28.4. The van der Waals surface area contributed by atoms with Crippen molar-refractivity contribution in [3.8, 4) is 0 Å². The highest BCUT2D eigenvalue weighted by molar-refractivity contribution is 5.71. The molecule has 0 radical (unpaired) electrons. The van der Waals surface area contributed by atoms with Crippen LogP contribution in [0.2, 0.25) is 0 Å². The van der Waals surface area contributed by atoms with Gasteiger partial charge in [0, 0.05) is 32.9 Å². The van der Waals surface area contributed by atoms with Crippen molar-refractivity contribution in [1.29, 1.82) is 0 Å². The second-order valence-corrected chi connectivity index (χ2v) is 6.06. The molecule has 0 aliphatic carbocycles. The minimum atomic E-state index is -1.27. The maximum absolute atomic E-state index is 10.0. The van der Waals surface area contributed by atoms with Gasteiger partial charge in [0.15, 0.2) is 0 Å². The standard InChI is InChI=1S/C16H23N3O4/c1-17-11-6-10(4-5-12(11)18(2)3)7-19-8-14(21)16(23)15(22)13(19)9-20/h4-6,13-16,20-23H,7-9H2,2-3H3/t13-,14-,15+,16+/m0/s1. The first-order valence-corrected chi connectivity index (χ1v) is 7.45. The monoisotopic (exact) mass is 321 g/mol. The molecule has 2 rings (SSSR count). The lowest BCUT2D eigenvalue weighted by atomic mass is 9.93. The fraction of sp³-hybridized carbons (Fsp3) is 0.562. The van der Waals surface area contributed by atoms with Crippen molar-refractivity contribution in [2.75, 3.05) is 32.1 Å². The first-order chi connectivity index (χ1) is 10.9. The molecule has 0 amide bonds. The van der Waals surface area contributed by atoms with Crippen LogP contribution in [0.3, 0.4) is 0 Å². The summed E-state index contributed by atoms with van der Waals surface area (Å²) in [6.07, 6.45) is -3.56. The maximum atomic E-state index is 10.0. The van der Waals surface area contributed by atoms with Crippen molar-refractivity contribution >= 4 is 11.4 Å². The van der Waals surface area contributed by atoms with Crippen LogP contribution in [0.25, 0.3) is 4.85 Å². The van der Waals surface area contributed by atoms with Crippen molar-refractivity contribution in [2.24, 2.45) is 0 Å². The van der Waals surface area contributed by atoms with Gasteiger partial charge >= 0.3 is 0 Å². The van der Waals surface area contributed by atoms with Crippen molar-refractivity contribution in [3.05, 3.63) is 35.2 Å². The average molecular weight is 321 g/mol. The molecule has 0 unspecified atom stereocenters. The van der Waals surface area contributed by atoms with Crippen LogP contribution in [0.15, 0.2) is 18.2 Å². The molecule has 4 atom stereocenters. The molecule has 0 spiro atoms. The van der Waals surface area contributed by atoms with Gasteiger partial charge in [-0.15, -0.1) is 0 Å². The van der Waals surface area contributed by atoms with E-state index in [0.29, 0.717) is 12.2 Å². The van der Waals surface area contributed by atoms with E-state index in [1.165, 1.54) is 0 Å². The summed E-state index contributed by atoms with van der Waals surface area (Å²) in [7, 11) is 3.73. The molecular weight excluding hydrogens is 298 g/mol. The fourth-order valence-electron chi connectivity index (χ4n) is 2.93. The Hall–Kier alpha value is -1.69. The Bertz CT molecular complexity index is 587. The smallest absolute Gasteiger partial charge is 0.210 e. The third-order valence-corrected chi connectivity index (χ3v) is 4.24.